The first-order valence-electron chi connectivity index (χ1n) is 7.05. The van der Waals surface area contributed by atoms with Crippen molar-refractivity contribution in [3.8, 4) is 0 Å². The number of benzene rings is 1. The topological polar surface area (TPSA) is 74.2 Å². The molecule has 0 bridgehead atoms. The Kier molecular flexibility index (Phi) is 3.71. The van der Waals surface area contributed by atoms with E-state index in [2.05, 4.69) is 15.2 Å². The fourth-order valence-corrected chi connectivity index (χ4v) is 2.65. The van der Waals surface area contributed by atoms with E-state index < -0.39 is 0 Å². The number of amides is 1. The molecule has 3 rings (SSSR count). The summed E-state index contributed by atoms with van der Waals surface area (Å²) in [5.41, 5.74) is 7.78. The van der Waals surface area contributed by atoms with Crippen LogP contribution in [0.25, 0.3) is 10.9 Å². The van der Waals surface area contributed by atoms with E-state index in [0.717, 1.165) is 42.5 Å². The number of aromatic nitrogens is 1. The van der Waals surface area contributed by atoms with Gasteiger partial charge in [-0.2, -0.15) is 0 Å². The highest BCUT2D eigenvalue weighted by atomic mass is 16.2. The summed E-state index contributed by atoms with van der Waals surface area (Å²) in [6.07, 6.45) is 3.85. The molecule has 1 fully saturated rings. The molecule has 5 heteroatoms. The van der Waals surface area contributed by atoms with Crippen molar-refractivity contribution in [1.82, 2.24) is 9.88 Å². The van der Waals surface area contributed by atoms with Crippen LogP contribution in [0.15, 0.2) is 30.5 Å². The first-order chi connectivity index (χ1) is 9.70. The van der Waals surface area contributed by atoms with Crippen molar-refractivity contribution in [1.29, 1.82) is 0 Å². The molecule has 0 saturated carbocycles. The molecule has 0 spiro atoms. The minimum Gasteiger partial charge on any atom is -0.361 e. The maximum atomic E-state index is 12.0. The third-order valence-corrected chi connectivity index (χ3v) is 3.84. The summed E-state index contributed by atoms with van der Waals surface area (Å²) >= 11 is 0. The minimum atomic E-state index is 0.0374. The van der Waals surface area contributed by atoms with Crippen LogP contribution in [0.1, 0.15) is 12.8 Å². The molecule has 106 valence electrons. The Labute approximate surface area is 118 Å². The van der Waals surface area contributed by atoms with Gasteiger partial charge in [-0.1, -0.05) is 0 Å². The first-order valence-corrected chi connectivity index (χ1v) is 7.05. The lowest BCUT2D eigenvalue weighted by molar-refractivity contribution is -0.117. The number of carbonyl (C=O) groups is 1. The van der Waals surface area contributed by atoms with Gasteiger partial charge in [0.15, 0.2) is 0 Å². The maximum absolute atomic E-state index is 12.0. The molecule has 1 amide bonds. The second-order valence-corrected chi connectivity index (χ2v) is 5.44. The van der Waals surface area contributed by atoms with E-state index in [1.807, 2.05) is 30.5 Å². The van der Waals surface area contributed by atoms with E-state index >= 15 is 0 Å². The Morgan fingerprint density at radius 2 is 2.15 bits per heavy atom. The molecule has 2 heterocycles. The summed E-state index contributed by atoms with van der Waals surface area (Å²) < 4.78 is 0. The number of hydrogen-bond donors (Lipinski definition) is 3. The Hall–Kier alpha value is -1.85. The van der Waals surface area contributed by atoms with Crippen LogP contribution in [0.2, 0.25) is 0 Å². The zero-order chi connectivity index (χ0) is 13.9. The fraction of sp³-hybridized carbons (Fsp3) is 0.400. The van der Waals surface area contributed by atoms with Gasteiger partial charge in [-0.05, 0) is 37.1 Å². The zero-order valence-corrected chi connectivity index (χ0v) is 11.4. The number of fused-ring (bicyclic) bond motifs is 1. The van der Waals surface area contributed by atoms with Gasteiger partial charge < -0.3 is 16.0 Å². The van der Waals surface area contributed by atoms with Crippen molar-refractivity contribution in [3.05, 3.63) is 30.5 Å². The van der Waals surface area contributed by atoms with E-state index in [1.165, 1.54) is 0 Å². The van der Waals surface area contributed by atoms with Crippen molar-refractivity contribution in [2.45, 2.75) is 18.9 Å². The highest BCUT2D eigenvalue weighted by molar-refractivity contribution is 5.94. The van der Waals surface area contributed by atoms with Crippen molar-refractivity contribution in [2.24, 2.45) is 5.73 Å². The molecule has 1 aliphatic heterocycles. The van der Waals surface area contributed by atoms with E-state index in [-0.39, 0.29) is 5.91 Å². The van der Waals surface area contributed by atoms with Crippen molar-refractivity contribution >= 4 is 22.5 Å². The standard InChI is InChI=1S/C15H20N4O/c16-12-4-7-19(8-5-12)10-15(20)18-13-1-2-14-11(9-13)3-6-17-14/h1-3,6,9,12,17H,4-5,7-8,10,16H2,(H,18,20). The molecular weight excluding hydrogens is 252 g/mol. The third-order valence-electron chi connectivity index (χ3n) is 3.84. The van der Waals surface area contributed by atoms with Crippen LogP contribution in [-0.4, -0.2) is 41.5 Å². The number of nitrogens with two attached hydrogens (primary N) is 1. The molecule has 1 saturated heterocycles. The molecule has 1 aromatic heterocycles. The van der Waals surface area contributed by atoms with E-state index in [4.69, 9.17) is 5.73 Å². The van der Waals surface area contributed by atoms with Crippen LogP contribution in [0, 0.1) is 0 Å². The Bertz CT molecular complexity index is 599. The molecule has 2 aromatic rings. The number of piperidine rings is 1. The highest BCUT2D eigenvalue weighted by Crippen LogP contribution is 2.18. The summed E-state index contributed by atoms with van der Waals surface area (Å²) in [5.74, 6) is 0.0374. The summed E-state index contributed by atoms with van der Waals surface area (Å²) in [7, 11) is 0. The number of nitrogens with one attached hydrogen (secondary N) is 2. The van der Waals surface area contributed by atoms with Gasteiger partial charge in [-0.3, -0.25) is 9.69 Å². The number of anilines is 1. The lowest BCUT2D eigenvalue weighted by atomic mass is 10.1. The number of hydrogen-bond acceptors (Lipinski definition) is 3. The van der Waals surface area contributed by atoms with E-state index in [1.54, 1.807) is 0 Å². The normalized spacial score (nSPS) is 17.4. The van der Waals surface area contributed by atoms with Gasteiger partial charge in [0.2, 0.25) is 5.91 Å². The summed E-state index contributed by atoms with van der Waals surface area (Å²) in [6, 6.07) is 8.17. The smallest absolute Gasteiger partial charge is 0.238 e. The molecule has 0 atom stereocenters. The average molecular weight is 272 g/mol. The number of rotatable bonds is 3. The predicted molar refractivity (Wildman–Crippen MR) is 80.6 cm³/mol. The second-order valence-electron chi connectivity index (χ2n) is 5.44. The van der Waals surface area contributed by atoms with Gasteiger partial charge in [-0.15, -0.1) is 0 Å². The highest BCUT2D eigenvalue weighted by Gasteiger charge is 2.18. The molecule has 0 radical (unpaired) electrons. The van der Waals surface area contributed by atoms with Crippen LogP contribution < -0.4 is 11.1 Å². The third kappa shape index (κ3) is 3.00. The van der Waals surface area contributed by atoms with Gasteiger partial charge in [0.1, 0.15) is 0 Å². The molecule has 5 nitrogen and oxygen atoms in total. The van der Waals surface area contributed by atoms with Gasteiger partial charge in [0, 0.05) is 41.9 Å². The molecular formula is C15H20N4O. The fourth-order valence-electron chi connectivity index (χ4n) is 2.65. The SMILES string of the molecule is NC1CCN(CC(=O)Nc2ccc3[nH]ccc3c2)CC1. The number of H-pyrrole nitrogens is 1. The van der Waals surface area contributed by atoms with Gasteiger partial charge >= 0.3 is 0 Å². The van der Waals surface area contributed by atoms with Crippen LogP contribution in [0.3, 0.4) is 0 Å². The molecule has 1 aliphatic rings. The Balaban J connectivity index is 1.58. The van der Waals surface area contributed by atoms with Crippen molar-refractivity contribution in [3.63, 3.8) is 0 Å². The van der Waals surface area contributed by atoms with Crippen LogP contribution in [0.5, 0.6) is 0 Å². The number of carbonyl (C=O) groups excluding carboxylic acids is 1. The average Bonchev–Trinajstić information content (AvgIpc) is 2.89. The van der Waals surface area contributed by atoms with Crippen molar-refractivity contribution in [2.75, 3.05) is 25.0 Å². The Morgan fingerprint density at radius 3 is 2.95 bits per heavy atom. The van der Waals surface area contributed by atoms with Crippen LogP contribution in [-0.2, 0) is 4.79 Å². The lowest BCUT2D eigenvalue weighted by Gasteiger charge is -2.29. The van der Waals surface area contributed by atoms with Gasteiger partial charge in [0.05, 0.1) is 6.54 Å². The lowest BCUT2D eigenvalue weighted by Crippen LogP contribution is -2.43. The Morgan fingerprint density at radius 1 is 1.35 bits per heavy atom. The van der Waals surface area contributed by atoms with Crippen molar-refractivity contribution < 1.29 is 4.79 Å². The summed E-state index contributed by atoms with van der Waals surface area (Å²) in [6.45, 7) is 2.26. The maximum Gasteiger partial charge on any atom is 0.238 e. The van der Waals surface area contributed by atoms with E-state index in [9.17, 15) is 4.79 Å². The second kappa shape index (κ2) is 5.64. The minimum absolute atomic E-state index is 0.0374. The quantitative estimate of drug-likeness (QED) is 0.793. The molecule has 4 N–H and O–H groups in total. The summed E-state index contributed by atoms with van der Waals surface area (Å²) in [5, 5.41) is 4.06. The zero-order valence-electron chi connectivity index (χ0n) is 11.4. The first kappa shape index (κ1) is 13.1. The van der Waals surface area contributed by atoms with Crippen LogP contribution in [0.4, 0.5) is 5.69 Å². The van der Waals surface area contributed by atoms with E-state index in [0.29, 0.717) is 12.6 Å². The van der Waals surface area contributed by atoms with Gasteiger partial charge in [-0.25, -0.2) is 0 Å². The molecule has 0 aliphatic carbocycles. The number of nitrogens with zero attached hydrogens (tertiary/aromatic N) is 1. The van der Waals surface area contributed by atoms with Gasteiger partial charge in [0.25, 0.3) is 0 Å². The largest absolute Gasteiger partial charge is 0.361 e. The summed E-state index contributed by atoms with van der Waals surface area (Å²) in [4.78, 5) is 17.3. The number of likely N-dealkylation sites (tertiary alicyclic amines) is 1. The molecule has 20 heavy (non-hydrogen) atoms. The number of aromatic amines is 1. The van der Waals surface area contributed by atoms with Crippen LogP contribution >= 0.6 is 0 Å². The molecule has 0 unspecified atom stereocenters. The predicted octanol–water partition coefficient (Wildman–Crippen LogP) is 1.53. The monoisotopic (exact) mass is 272 g/mol. The molecule has 1 aromatic carbocycles.